The van der Waals surface area contributed by atoms with Crippen LogP contribution in [0.2, 0.25) is 0 Å². The van der Waals surface area contributed by atoms with Gasteiger partial charge < -0.3 is 14.4 Å². The van der Waals surface area contributed by atoms with Crippen LogP contribution in [0.5, 0.6) is 0 Å². The molecule has 6 heteroatoms. The third-order valence-electron chi connectivity index (χ3n) is 3.42. The second kappa shape index (κ2) is 6.56. The first-order valence-corrected chi connectivity index (χ1v) is 7.20. The minimum Gasteiger partial charge on any atom is -0.360 e. The van der Waals surface area contributed by atoms with E-state index in [1.54, 1.807) is 18.6 Å². The van der Waals surface area contributed by atoms with Crippen molar-refractivity contribution in [1.29, 1.82) is 0 Å². The first kappa shape index (κ1) is 15.3. The van der Waals surface area contributed by atoms with Crippen molar-refractivity contribution in [2.45, 2.75) is 46.2 Å². The number of hydrogen-bond acceptors (Lipinski definition) is 4. The molecule has 0 spiro atoms. The summed E-state index contributed by atoms with van der Waals surface area (Å²) in [4.78, 5) is 16.3. The molecule has 2 rings (SSSR count). The van der Waals surface area contributed by atoms with Gasteiger partial charge in [0.15, 0.2) is 5.69 Å². The molecule has 1 amide bonds. The minimum absolute atomic E-state index is 0.00546. The Hall–Kier alpha value is -2.11. The summed E-state index contributed by atoms with van der Waals surface area (Å²) in [6, 6.07) is 1.71. The zero-order valence-corrected chi connectivity index (χ0v) is 12.9. The van der Waals surface area contributed by atoms with Crippen LogP contribution in [0.25, 0.3) is 0 Å². The summed E-state index contributed by atoms with van der Waals surface area (Å²) in [7, 11) is 0. The van der Waals surface area contributed by atoms with Gasteiger partial charge in [-0.3, -0.25) is 4.79 Å². The fourth-order valence-corrected chi connectivity index (χ4v) is 1.96. The molecular weight excluding hydrogens is 268 g/mol. The van der Waals surface area contributed by atoms with Crippen molar-refractivity contribution >= 4 is 5.91 Å². The van der Waals surface area contributed by atoms with E-state index in [0.29, 0.717) is 18.2 Å². The Labute approximate surface area is 124 Å². The fourth-order valence-electron chi connectivity index (χ4n) is 1.96. The zero-order valence-electron chi connectivity index (χ0n) is 12.9. The molecule has 21 heavy (non-hydrogen) atoms. The number of amides is 1. The van der Waals surface area contributed by atoms with Crippen LogP contribution >= 0.6 is 0 Å². The SMILES string of the molecule is CC(C)c1cc(C(=O)NC(Cn2ccnc2)C(C)C)no1. The number of imidazole rings is 1. The highest BCUT2D eigenvalue weighted by Crippen LogP contribution is 2.15. The fraction of sp³-hybridized carbons (Fsp3) is 0.533. The Kier molecular flexibility index (Phi) is 4.77. The molecule has 1 unspecified atom stereocenters. The molecule has 0 bridgehead atoms. The molecule has 2 aromatic heterocycles. The molecule has 2 heterocycles. The van der Waals surface area contributed by atoms with E-state index in [4.69, 9.17) is 4.52 Å². The molecule has 0 aliphatic rings. The van der Waals surface area contributed by atoms with E-state index < -0.39 is 0 Å². The van der Waals surface area contributed by atoms with E-state index in [-0.39, 0.29) is 17.9 Å². The van der Waals surface area contributed by atoms with Crippen molar-refractivity contribution in [3.05, 3.63) is 36.2 Å². The Balaban J connectivity index is 2.03. The second-order valence-electron chi connectivity index (χ2n) is 5.85. The number of hydrogen-bond donors (Lipinski definition) is 1. The van der Waals surface area contributed by atoms with Gasteiger partial charge in [-0.2, -0.15) is 0 Å². The van der Waals surface area contributed by atoms with Crippen LogP contribution in [0.15, 0.2) is 29.3 Å². The molecule has 114 valence electrons. The molecule has 1 N–H and O–H groups in total. The molecule has 0 aliphatic carbocycles. The molecule has 0 aromatic carbocycles. The summed E-state index contributed by atoms with van der Waals surface area (Å²) in [5, 5.41) is 6.85. The third kappa shape index (κ3) is 3.93. The van der Waals surface area contributed by atoms with Gasteiger partial charge in [0.2, 0.25) is 0 Å². The molecule has 0 radical (unpaired) electrons. The van der Waals surface area contributed by atoms with Gasteiger partial charge in [0.05, 0.1) is 6.33 Å². The smallest absolute Gasteiger partial charge is 0.273 e. The van der Waals surface area contributed by atoms with Gasteiger partial charge in [0.1, 0.15) is 5.76 Å². The molecule has 0 fully saturated rings. The number of rotatable bonds is 6. The van der Waals surface area contributed by atoms with Gasteiger partial charge in [-0.1, -0.05) is 32.9 Å². The lowest BCUT2D eigenvalue weighted by Crippen LogP contribution is -2.41. The van der Waals surface area contributed by atoms with Crippen molar-refractivity contribution in [2.24, 2.45) is 5.92 Å². The average molecular weight is 290 g/mol. The van der Waals surface area contributed by atoms with Crippen molar-refractivity contribution < 1.29 is 9.32 Å². The van der Waals surface area contributed by atoms with Crippen molar-refractivity contribution in [3.63, 3.8) is 0 Å². The third-order valence-corrected chi connectivity index (χ3v) is 3.42. The van der Waals surface area contributed by atoms with Gasteiger partial charge in [-0.05, 0) is 5.92 Å². The van der Waals surface area contributed by atoms with Crippen LogP contribution in [0.1, 0.15) is 49.9 Å². The summed E-state index contributed by atoms with van der Waals surface area (Å²) < 4.78 is 7.12. The minimum atomic E-state index is -0.204. The van der Waals surface area contributed by atoms with Gasteiger partial charge in [0, 0.05) is 37.0 Å². The Morgan fingerprint density at radius 3 is 2.67 bits per heavy atom. The van der Waals surface area contributed by atoms with E-state index in [2.05, 4.69) is 29.3 Å². The van der Waals surface area contributed by atoms with E-state index >= 15 is 0 Å². The zero-order chi connectivity index (χ0) is 15.4. The summed E-state index contributed by atoms with van der Waals surface area (Å²) in [5.41, 5.74) is 0.329. The molecular formula is C15H22N4O2. The first-order chi connectivity index (χ1) is 9.97. The quantitative estimate of drug-likeness (QED) is 0.887. The number of carbonyl (C=O) groups is 1. The van der Waals surface area contributed by atoms with E-state index in [1.807, 2.05) is 24.6 Å². The van der Waals surface area contributed by atoms with E-state index in [1.165, 1.54) is 0 Å². The van der Waals surface area contributed by atoms with E-state index in [9.17, 15) is 4.79 Å². The molecule has 0 aliphatic heterocycles. The number of carbonyl (C=O) groups excluding carboxylic acids is 1. The molecule has 1 atom stereocenters. The highest BCUT2D eigenvalue weighted by atomic mass is 16.5. The molecule has 6 nitrogen and oxygen atoms in total. The van der Waals surface area contributed by atoms with Gasteiger partial charge >= 0.3 is 0 Å². The molecule has 0 saturated carbocycles. The van der Waals surface area contributed by atoms with Crippen LogP contribution in [0.4, 0.5) is 0 Å². The summed E-state index contributed by atoms with van der Waals surface area (Å²) >= 11 is 0. The van der Waals surface area contributed by atoms with Crippen LogP contribution in [0, 0.1) is 5.92 Å². The highest BCUT2D eigenvalue weighted by molar-refractivity contribution is 5.92. The predicted octanol–water partition coefficient (Wildman–Crippen LogP) is 2.45. The van der Waals surface area contributed by atoms with Crippen LogP contribution < -0.4 is 5.32 Å². The van der Waals surface area contributed by atoms with Crippen LogP contribution in [-0.2, 0) is 6.54 Å². The summed E-state index contributed by atoms with van der Waals surface area (Å²) in [6.07, 6.45) is 5.36. The monoisotopic (exact) mass is 290 g/mol. The topological polar surface area (TPSA) is 73.0 Å². The van der Waals surface area contributed by atoms with Crippen molar-refractivity contribution in [1.82, 2.24) is 20.0 Å². The molecule has 2 aromatic rings. The summed E-state index contributed by atoms with van der Waals surface area (Å²) in [6.45, 7) is 8.82. The van der Waals surface area contributed by atoms with Crippen molar-refractivity contribution in [3.8, 4) is 0 Å². The number of aromatic nitrogens is 3. The highest BCUT2D eigenvalue weighted by Gasteiger charge is 2.20. The lowest BCUT2D eigenvalue weighted by Gasteiger charge is -2.22. The summed E-state index contributed by atoms with van der Waals surface area (Å²) in [5.74, 6) is 1.03. The maximum atomic E-state index is 12.3. The molecule has 0 saturated heterocycles. The van der Waals surface area contributed by atoms with E-state index in [0.717, 1.165) is 5.76 Å². The Morgan fingerprint density at radius 1 is 1.38 bits per heavy atom. The number of nitrogens with one attached hydrogen (secondary N) is 1. The normalized spacial score (nSPS) is 12.9. The number of nitrogens with zero attached hydrogens (tertiary/aromatic N) is 3. The predicted molar refractivity (Wildman–Crippen MR) is 78.9 cm³/mol. The lowest BCUT2D eigenvalue weighted by molar-refractivity contribution is 0.0911. The maximum absolute atomic E-state index is 12.3. The van der Waals surface area contributed by atoms with Crippen LogP contribution in [-0.4, -0.2) is 26.7 Å². The standard InChI is InChI=1S/C15H22N4O2/c1-10(2)13(8-19-6-5-16-9-19)17-15(20)12-7-14(11(3)4)21-18-12/h5-7,9-11,13H,8H2,1-4H3,(H,17,20). The lowest BCUT2D eigenvalue weighted by atomic mass is 10.0. The second-order valence-corrected chi connectivity index (χ2v) is 5.85. The van der Waals surface area contributed by atoms with Gasteiger partial charge in [0.25, 0.3) is 5.91 Å². The Bertz CT molecular complexity index is 572. The average Bonchev–Trinajstić information content (AvgIpc) is 3.08. The first-order valence-electron chi connectivity index (χ1n) is 7.20. The van der Waals surface area contributed by atoms with Crippen LogP contribution in [0.3, 0.4) is 0 Å². The largest absolute Gasteiger partial charge is 0.360 e. The van der Waals surface area contributed by atoms with Crippen molar-refractivity contribution in [2.75, 3.05) is 0 Å². The Morgan fingerprint density at radius 2 is 2.14 bits per heavy atom. The maximum Gasteiger partial charge on any atom is 0.273 e. The van der Waals surface area contributed by atoms with Gasteiger partial charge in [-0.15, -0.1) is 0 Å². The van der Waals surface area contributed by atoms with Gasteiger partial charge in [-0.25, -0.2) is 4.98 Å².